The number of nitrogens with zero attached hydrogens (tertiary/aromatic N) is 2. The molecule has 2 saturated heterocycles. The van der Waals surface area contributed by atoms with E-state index < -0.39 is 0 Å². The Morgan fingerprint density at radius 3 is 2.30 bits per heavy atom. The number of fused-ring (bicyclic) bond motifs is 1. The number of piperidine rings is 1. The minimum atomic E-state index is 0.325. The molecule has 2 aliphatic heterocycles. The Morgan fingerprint density at radius 2 is 1.63 bits per heavy atom. The van der Waals surface area contributed by atoms with Gasteiger partial charge < -0.3 is 0 Å². The monoisotopic (exact) mass is 398 g/mol. The molecule has 0 amide bonds. The number of rotatable bonds is 5. The van der Waals surface area contributed by atoms with Crippen molar-refractivity contribution < 1.29 is 0 Å². The highest BCUT2D eigenvalue weighted by Gasteiger charge is 2.44. The lowest BCUT2D eigenvalue weighted by Gasteiger charge is -2.38. The van der Waals surface area contributed by atoms with Crippen LogP contribution < -0.4 is 10.9 Å². The van der Waals surface area contributed by atoms with Gasteiger partial charge in [0.2, 0.25) is 0 Å². The molecule has 5 rings (SSSR count). The maximum atomic E-state index is 4.63. The van der Waals surface area contributed by atoms with E-state index >= 15 is 0 Å². The molecular formula is C26H30N4. The number of aromatic nitrogens is 1. The minimum Gasteiger partial charge on any atom is -0.297 e. The van der Waals surface area contributed by atoms with Gasteiger partial charge in [-0.05, 0) is 36.1 Å². The van der Waals surface area contributed by atoms with E-state index in [0.717, 1.165) is 26.1 Å². The first kappa shape index (κ1) is 19.4. The van der Waals surface area contributed by atoms with Gasteiger partial charge in [0.25, 0.3) is 0 Å². The molecule has 0 spiro atoms. The topological polar surface area (TPSA) is 40.2 Å². The van der Waals surface area contributed by atoms with Gasteiger partial charge >= 0.3 is 0 Å². The zero-order chi connectivity index (χ0) is 20.3. The average molecular weight is 399 g/mol. The van der Waals surface area contributed by atoms with Crippen LogP contribution in [0.2, 0.25) is 0 Å². The zero-order valence-electron chi connectivity index (χ0n) is 17.5. The van der Waals surface area contributed by atoms with Crippen molar-refractivity contribution >= 4 is 0 Å². The predicted octanol–water partition coefficient (Wildman–Crippen LogP) is 3.89. The normalized spacial score (nSPS) is 24.1. The molecule has 0 aliphatic carbocycles. The van der Waals surface area contributed by atoms with E-state index in [1.807, 2.05) is 12.3 Å². The van der Waals surface area contributed by atoms with Gasteiger partial charge in [-0.3, -0.25) is 20.7 Å². The van der Waals surface area contributed by atoms with Crippen molar-refractivity contribution in [3.05, 3.63) is 101 Å². The molecular weight excluding hydrogens is 368 g/mol. The van der Waals surface area contributed by atoms with E-state index in [0.29, 0.717) is 23.9 Å². The van der Waals surface area contributed by atoms with Gasteiger partial charge in [0.1, 0.15) is 0 Å². The summed E-state index contributed by atoms with van der Waals surface area (Å²) in [6, 6.07) is 27.0. The summed E-state index contributed by atoms with van der Waals surface area (Å²) in [7, 11) is 0. The summed E-state index contributed by atoms with van der Waals surface area (Å²) >= 11 is 0. The summed E-state index contributed by atoms with van der Waals surface area (Å²) in [4.78, 5) is 7.22. The molecule has 3 atom stereocenters. The maximum absolute atomic E-state index is 4.63. The zero-order valence-corrected chi connectivity index (χ0v) is 17.5. The Morgan fingerprint density at radius 1 is 0.933 bits per heavy atom. The van der Waals surface area contributed by atoms with E-state index in [-0.39, 0.29) is 0 Å². The summed E-state index contributed by atoms with van der Waals surface area (Å²) in [6.45, 7) is 5.29. The van der Waals surface area contributed by atoms with Crippen LogP contribution in [0.25, 0.3) is 0 Å². The first-order chi connectivity index (χ1) is 14.8. The van der Waals surface area contributed by atoms with Crippen molar-refractivity contribution in [2.24, 2.45) is 5.92 Å². The number of nitrogens with one attached hydrogen (secondary N) is 2. The number of likely N-dealkylation sites (tertiary alicyclic amines) is 1. The fraction of sp³-hybridized carbons (Fsp3) is 0.346. The van der Waals surface area contributed by atoms with Crippen molar-refractivity contribution in [1.82, 2.24) is 20.7 Å². The molecule has 3 unspecified atom stereocenters. The van der Waals surface area contributed by atoms with Gasteiger partial charge in [0.05, 0.1) is 5.69 Å². The molecule has 0 bridgehead atoms. The van der Waals surface area contributed by atoms with Gasteiger partial charge in [0, 0.05) is 49.8 Å². The first-order valence-corrected chi connectivity index (χ1v) is 11.0. The average Bonchev–Trinajstić information content (AvgIpc) is 3.20. The highest BCUT2D eigenvalue weighted by atomic mass is 15.4. The third-order valence-electron chi connectivity index (χ3n) is 6.81. The summed E-state index contributed by atoms with van der Waals surface area (Å²) in [5.41, 5.74) is 12.6. The van der Waals surface area contributed by atoms with E-state index in [1.165, 1.54) is 22.4 Å². The Kier molecular flexibility index (Phi) is 5.63. The standard InChI is InChI=1S/C26H30N4/c1-19-9-8-15-27-24(19)18-30-16-14-23-22(17-30)26(29-28-23)25(20-10-4-2-5-11-20)21-12-6-3-7-13-21/h2-13,15,22-23,25-26,28-29H,14,16-18H2,1H3. The van der Waals surface area contributed by atoms with Crippen LogP contribution in [0.15, 0.2) is 79.0 Å². The quantitative estimate of drug-likeness (QED) is 0.684. The summed E-state index contributed by atoms with van der Waals surface area (Å²) < 4.78 is 0. The number of hydrogen-bond acceptors (Lipinski definition) is 4. The molecule has 1 aromatic heterocycles. The van der Waals surface area contributed by atoms with Crippen molar-refractivity contribution in [3.8, 4) is 0 Å². The Balaban J connectivity index is 1.41. The predicted molar refractivity (Wildman–Crippen MR) is 121 cm³/mol. The first-order valence-electron chi connectivity index (χ1n) is 11.0. The van der Waals surface area contributed by atoms with Gasteiger partial charge in [-0.25, -0.2) is 0 Å². The third kappa shape index (κ3) is 3.91. The second kappa shape index (κ2) is 8.68. The fourth-order valence-electron chi connectivity index (χ4n) is 5.20. The highest BCUT2D eigenvalue weighted by Crippen LogP contribution is 2.37. The maximum Gasteiger partial charge on any atom is 0.0573 e. The van der Waals surface area contributed by atoms with E-state index in [4.69, 9.17) is 0 Å². The second-order valence-corrected chi connectivity index (χ2v) is 8.67. The lowest BCUT2D eigenvalue weighted by molar-refractivity contribution is 0.143. The number of hydrazine groups is 1. The summed E-state index contributed by atoms with van der Waals surface area (Å²) in [6.07, 6.45) is 3.08. The SMILES string of the molecule is Cc1cccnc1CN1CCC2NNC(C(c3ccccc3)c3ccccc3)C2C1. The van der Waals surface area contributed by atoms with Crippen molar-refractivity contribution in [2.75, 3.05) is 13.1 Å². The third-order valence-corrected chi connectivity index (χ3v) is 6.81. The number of pyridine rings is 1. The van der Waals surface area contributed by atoms with Crippen molar-refractivity contribution in [3.63, 3.8) is 0 Å². The molecule has 2 aromatic carbocycles. The van der Waals surface area contributed by atoms with Gasteiger partial charge in [-0.15, -0.1) is 0 Å². The van der Waals surface area contributed by atoms with Gasteiger partial charge in [0.15, 0.2) is 0 Å². The van der Waals surface area contributed by atoms with Gasteiger partial charge in [-0.2, -0.15) is 0 Å². The summed E-state index contributed by atoms with van der Waals surface area (Å²) in [5.74, 6) is 0.875. The molecule has 3 heterocycles. The van der Waals surface area contributed by atoms with Crippen LogP contribution in [0, 0.1) is 12.8 Å². The van der Waals surface area contributed by atoms with Crippen LogP contribution in [0.5, 0.6) is 0 Å². The molecule has 2 N–H and O–H groups in total. The van der Waals surface area contributed by atoms with Crippen LogP contribution in [0.3, 0.4) is 0 Å². The number of benzene rings is 2. The fourth-order valence-corrected chi connectivity index (χ4v) is 5.20. The van der Waals surface area contributed by atoms with Crippen molar-refractivity contribution in [1.29, 1.82) is 0 Å². The molecule has 0 saturated carbocycles. The largest absolute Gasteiger partial charge is 0.297 e. The Hall–Kier alpha value is -2.53. The molecule has 154 valence electrons. The van der Waals surface area contributed by atoms with Crippen LogP contribution in [0.4, 0.5) is 0 Å². The number of hydrogen-bond donors (Lipinski definition) is 2. The molecule has 2 aliphatic rings. The van der Waals surface area contributed by atoms with Crippen LogP contribution >= 0.6 is 0 Å². The van der Waals surface area contributed by atoms with Crippen LogP contribution in [0.1, 0.15) is 34.7 Å². The van der Waals surface area contributed by atoms with E-state index in [2.05, 4.69) is 94.4 Å². The van der Waals surface area contributed by atoms with Gasteiger partial charge in [-0.1, -0.05) is 66.7 Å². The van der Waals surface area contributed by atoms with E-state index in [1.54, 1.807) is 0 Å². The molecule has 4 heteroatoms. The number of aryl methyl sites for hydroxylation is 1. The lowest BCUT2D eigenvalue weighted by Crippen LogP contribution is -2.47. The molecule has 30 heavy (non-hydrogen) atoms. The molecule has 0 radical (unpaired) electrons. The molecule has 4 nitrogen and oxygen atoms in total. The second-order valence-electron chi connectivity index (χ2n) is 8.67. The Bertz CT molecular complexity index is 920. The highest BCUT2D eigenvalue weighted by molar-refractivity contribution is 5.35. The van der Waals surface area contributed by atoms with E-state index in [9.17, 15) is 0 Å². The van der Waals surface area contributed by atoms with Crippen molar-refractivity contribution in [2.45, 2.75) is 37.9 Å². The smallest absolute Gasteiger partial charge is 0.0573 e. The lowest BCUT2D eigenvalue weighted by atomic mass is 9.76. The molecule has 3 aromatic rings. The molecule has 2 fully saturated rings. The summed E-state index contributed by atoms with van der Waals surface area (Å²) in [5, 5.41) is 0. The minimum absolute atomic E-state index is 0.325. The Labute approximate surface area is 179 Å². The van der Waals surface area contributed by atoms with Crippen LogP contribution in [-0.4, -0.2) is 35.1 Å². The van der Waals surface area contributed by atoms with Crippen LogP contribution in [-0.2, 0) is 6.54 Å².